The Morgan fingerprint density at radius 3 is 2.50 bits per heavy atom. The predicted molar refractivity (Wildman–Crippen MR) is 85.2 cm³/mol. The zero-order valence-electron chi connectivity index (χ0n) is 12.1. The first kappa shape index (κ1) is 13.6. The fraction of sp³-hybridized carbons (Fsp3) is 0.438. The first-order valence-corrected chi connectivity index (χ1v) is 8.14. The van der Waals surface area contributed by atoms with Crippen molar-refractivity contribution in [2.45, 2.75) is 39.9 Å². The van der Waals surface area contributed by atoms with Gasteiger partial charge in [0.2, 0.25) is 0 Å². The molecule has 0 amide bonds. The number of hydrogen-bond donors (Lipinski definition) is 1. The van der Waals surface area contributed by atoms with Crippen molar-refractivity contribution in [2.75, 3.05) is 11.4 Å². The van der Waals surface area contributed by atoms with Crippen LogP contribution in [-0.4, -0.2) is 11.5 Å². The lowest BCUT2D eigenvalue weighted by molar-refractivity contribution is 0.727. The van der Waals surface area contributed by atoms with Gasteiger partial charge in [0.25, 0.3) is 0 Å². The van der Waals surface area contributed by atoms with Crippen molar-refractivity contribution in [3.05, 3.63) is 46.0 Å². The van der Waals surface area contributed by atoms with Crippen molar-refractivity contribution in [1.82, 2.24) is 10.3 Å². The number of nitrogens with one attached hydrogen (secondary N) is 1. The molecule has 2 heterocycles. The summed E-state index contributed by atoms with van der Waals surface area (Å²) in [4.78, 5) is 8.63. The average Bonchev–Trinajstić information content (AvgIpc) is 3.08. The summed E-state index contributed by atoms with van der Waals surface area (Å²) >= 11 is 1.84. The van der Waals surface area contributed by atoms with Crippen LogP contribution in [-0.2, 0) is 26.1 Å². The maximum absolute atomic E-state index is 4.85. The molecule has 1 N–H and O–H groups in total. The quantitative estimate of drug-likeness (QED) is 0.914. The number of anilines is 1. The lowest BCUT2D eigenvalue weighted by Gasteiger charge is -2.12. The van der Waals surface area contributed by atoms with Gasteiger partial charge in [-0.1, -0.05) is 38.1 Å². The lowest BCUT2D eigenvalue weighted by atomic mass is 10.1. The molecule has 0 aliphatic carbocycles. The fourth-order valence-corrected chi connectivity index (χ4v) is 3.74. The predicted octanol–water partition coefficient (Wildman–Crippen LogP) is 3.34. The molecule has 0 fully saturated rings. The average molecular weight is 287 g/mol. The van der Waals surface area contributed by atoms with E-state index in [1.165, 1.54) is 26.8 Å². The lowest BCUT2D eigenvalue weighted by Crippen LogP contribution is -2.14. The summed E-state index contributed by atoms with van der Waals surface area (Å²) in [6.07, 6.45) is 1.01. The van der Waals surface area contributed by atoms with E-state index < -0.39 is 0 Å². The summed E-state index contributed by atoms with van der Waals surface area (Å²) in [6, 6.07) is 8.70. The Bertz CT molecular complexity index is 566. The Morgan fingerprint density at radius 2 is 1.90 bits per heavy atom. The minimum absolute atomic E-state index is 0.943. The van der Waals surface area contributed by atoms with Crippen LogP contribution in [0.25, 0.3) is 0 Å². The van der Waals surface area contributed by atoms with Crippen molar-refractivity contribution < 1.29 is 0 Å². The first-order valence-electron chi connectivity index (χ1n) is 7.32. The Kier molecular flexibility index (Phi) is 4.03. The molecule has 0 unspecified atom stereocenters. The molecule has 0 spiro atoms. The topological polar surface area (TPSA) is 28.2 Å². The van der Waals surface area contributed by atoms with Gasteiger partial charge in [-0.2, -0.15) is 0 Å². The van der Waals surface area contributed by atoms with E-state index >= 15 is 0 Å². The minimum atomic E-state index is 0.943. The summed E-state index contributed by atoms with van der Waals surface area (Å²) in [7, 11) is 0. The van der Waals surface area contributed by atoms with Crippen LogP contribution in [0.3, 0.4) is 0 Å². The van der Waals surface area contributed by atoms with E-state index in [0.717, 1.165) is 32.6 Å². The highest BCUT2D eigenvalue weighted by atomic mass is 32.1. The molecule has 2 aromatic rings. The van der Waals surface area contributed by atoms with Gasteiger partial charge in [-0.25, -0.2) is 4.98 Å². The van der Waals surface area contributed by atoms with E-state index in [1.54, 1.807) is 0 Å². The van der Waals surface area contributed by atoms with E-state index in [0.29, 0.717) is 0 Å². The fourth-order valence-electron chi connectivity index (χ4n) is 2.63. The van der Waals surface area contributed by atoms with Crippen LogP contribution in [0, 0.1) is 0 Å². The number of rotatable bonds is 5. The second-order valence-electron chi connectivity index (χ2n) is 5.12. The van der Waals surface area contributed by atoms with Crippen LogP contribution in [0.4, 0.5) is 5.13 Å². The maximum Gasteiger partial charge on any atom is 0.186 e. The van der Waals surface area contributed by atoms with Crippen LogP contribution < -0.4 is 10.2 Å². The molecule has 0 atom stereocenters. The van der Waals surface area contributed by atoms with Crippen LogP contribution in [0.5, 0.6) is 0 Å². The number of fused-ring (bicyclic) bond motifs is 1. The van der Waals surface area contributed by atoms with Gasteiger partial charge in [-0.3, -0.25) is 0 Å². The molecule has 1 aromatic carbocycles. The van der Waals surface area contributed by atoms with Gasteiger partial charge < -0.3 is 10.2 Å². The van der Waals surface area contributed by atoms with Crippen molar-refractivity contribution in [3.8, 4) is 0 Å². The van der Waals surface area contributed by atoms with Crippen LogP contribution in [0.1, 0.15) is 35.5 Å². The number of aromatic nitrogens is 1. The summed E-state index contributed by atoms with van der Waals surface area (Å²) in [5, 5.41) is 4.58. The number of benzene rings is 1. The highest BCUT2D eigenvalue weighted by Crippen LogP contribution is 2.33. The van der Waals surface area contributed by atoms with Crippen molar-refractivity contribution in [1.29, 1.82) is 0 Å². The van der Waals surface area contributed by atoms with E-state index in [9.17, 15) is 0 Å². The standard InChI is InChI=1S/C16H21N3S/c1-3-14-15(9-17-4-2)20-16(18-14)19-10-12-7-5-6-8-13(12)11-19/h5-8,17H,3-4,9-11H2,1-2H3. The molecular formula is C16H21N3S. The second-order valence-corrected chi connectivity index (χ2v) is 6.19. The van der Waals surface area contributed by atoms with Gasteiger partial charge in [-0.05, 0) is 24.1 Å². The highest BCUT2D eigenvalue weighted by Gasteiger charge is 2.22. The van der Waals surface area contributed by atoms with Crippen molar-refractivity contribution in [2.24, 2.45) is 0 Å². The third-order valence-corrected chi connectivity index (χ3v) is 4.91. The second kappa shape index (κ2) is 5.94. The zero-order valence-corrected chi connectivity index (χ0v) is 13.0. The maximum atomic E-state index is 4.85. The Hall–Kier alpha value is -1.39. The zero-order chi connectivity index (χ0) is 13.9. The van der Waals surface area contributed by atoms with Crippen molar-refractivity contribution >= 4 is 16.5 Å². The minimum Gasteiger partial charge on any atom is -0.339 e. The molecule has 1 aliphatic rings. The smallest absolute Gasteiger partial charge is 0.186 e. The molecule has 0 saturated heterocycles. The number of nitrogens with zero attached hydrogens (tertiary/aromatic N) is 2. The number of thiazole rings is 1. The molecule has 0 bridgehead atoms. The normalized spacial score (nSPS) is 13.8. The van der Waals surface area contributed by atoms with Gasteiger partial charge in [0, 0.05) is 24.5 Å². The molecule has 1 aromatic heterocycles. The van der Waals surface area contributed by atoms with E-state index in [4.69, 9.17) is 4.98 Å². The molecule has 3 rings (SSSR count). The number of hydrogen-bond acceptors (Lipinski definition) is 4. The molecule has 106 valence electrons. The van der Waals surface area contributed by atoms with Crippen molar-refractivity contribution in [3.63, 3.8) is 0 Å². The molecule has 20 heavy (non-hydrogen) atoms. The van der Waals surface area contributed by atoms with Gasteiger partial charge in [0.05, 0.1) is 5.69 Å². The molecule has 4 heteroatoms. The molecule has 1 aliphatic heterocycles. The van der Waals surface area contributed by atoms with Gasteiger partial charge in [0.15, 0.2) is 5.13 Å². The largest absolute Gasteiger partial charge is 0.339 e. The third kappa shape index (κ3) is 2.58. The molecule has 0 radical (unpaired) electrons. The molecular weight excluding hydrogens is 266 g/mol. The van der Waals surface area contributed by atoms with E-state index in [1.807, 2.05) is 11.3 Å². The van der Waals surface area contributed by atoms with Gasteiger partial charge in [0.1, 0.15) is 0 Å². The Labute approximate surface area is 124 Å². The summed E-state index contributed by atoms with van der Waals surface area (Å²) in [5.41, 5.74) is 4.13. The summed E-state index contributed by atoms with van der Waals surface area (Å²) in [5.74, 6) is 0. The van der Waals surface area contributed by atoms with E-state index in [-0.39, 0.29) is 0 Å². The Balaban J connectivity index is 1.80. The summed E-state index contributed by atoms with van der Waals surface area (Å²) in [6.45, 7) is 8.27. The Morgan fingerprint density at radius 1 is 1.20 bits per heavy atom. The van der Waals surface area contributed by atoms with Crippen LogP contribution in [0.15, 0.2) is 24.3 Å². The van der Waals surface area contributed by atoms with Crippen LogP contribution >= 0.6 is 11.3 Å². The highest BCUT2D eigenvalue weighted by molar-refractivity contribution is 7.15. The molecule has 3 nitrogen and oxygen atoms in total. The first-order chi connectivity index (χ1) is 9.81. The third-order valence-electron chi connectivity index (χ3n) is 3.75. The van der Waals surface area contributed by atoms with E-state index in [2.05, 4.69) is 48.3 Å². The summed E-state index contributed by atoms with van der Waals surface area (Å²) < 4.78 is 0. The SMILES string of the molecule is CCNCc1sc(N2Cc3ccccc3C2)nc1CC. The van der Waals surface area contributed by atoms with Gasteiger partial charge >= 0.3 is 0 Å². The monoisotopic (exact) mass is 287 g/mol. The van der Waals surface area contributed by atoms with Gasteiger partial charge in [-0.15, -0.1) is 11.3 Å². The molecule has 0 saturated carbocycles. The van der Waals surface area contributed by atoms with Crippen LogP contribution in [0.2, 0.25) is 0 Å². The number of aryl methyl sites for hydroxylation is 1.